The summed E-state index contributed by atoms with van der Waals surface area (Å²) in [6, 6.07) is 2.49. The van der Waals surface area contributed by atoms with E-state index in [1.54, 1.807) is 0 Å². The van der Waals surface area contributed by atoms with Gasteiger partial charge in [-0.15, -0.1) is 0 Å². The van der Waals surface area contributed by atoms with Crippen LogP contribution in [0.4, 0.5) is 5.69 Å². The van der Waals surface area contributed by atoms with Crippen molar-refractivity contribution in [2.24, 2.45) is 0 Å². The van der Waals surface area contributed by atoms with Gasteiger partial charge in [-0.3, -0.25) is 10.1 Å². The Morgan fingerprint density at radius 3 is 2.69 bits per heavy atom. The molecule has 1 N–H and O–H groups in total. The van der Waals surface area contributed by atoms with Crippen molar-refractivity contribution in [1.82, 2.24) is 0 Å². The van der Waals surface area contributed by atoms with Crippen LogP contribution in [0.25, 0.3) is 6.08 Å². The summed E-state index contributed by atoms with van der Waals surface area (Å²) in [4.78, 5) is 9.69. The number of halogens is 1. The zero-order chi connectivity index (χ0) is 10.0. The average molecular weight is 200 g/mol. The van der Waals surface area contributed by atoms with E-state index in [0.717, 1.165) is 6.07 Å². The molecule has 0 saturated carbocycles. The van der Waals surface area contributed by atoms with E-state index >= 15 is 0 Å². The van der Waals surface area contributed by atoms with Crippen LogP contribution in [0.2, 0.25) is 5.02 Å². The van der Waals surface area contributed by atoms with Crippen LogP contribution in [0.15, 0.2) is 18.7 Å². The van der Waals surface area contributed by atoms with E-state index < -0.39 is 16.4 Å². The van der Waals surface area contributed by atoms with Crippen LogP contribution in [0.1, 0.15) is 5.56 Å². The summed E-state index contributed by atoms with van der Waals surface area (Å²) in [5, 5.41) is 19.9. The molecule has 0 atom stereocenters. The number of nitrogens with zero attached hydrogens (tertiary/aromatic N) is 1. The first kappa shape index (κ1) is 9.54. The fourth-order valence-electron chi connectivity index (χ4n) is 0.900. The summed E-state index contributed by atoms with van der Waals surface area (Å²) in [5.41, 5.74) is -0.165. The number of aromatic hydroxyl groups is 1. The van der Waals surface area contributed by atoms with Crippen LogP contribution in [0.5, 0.6) is 5.75 Å². The predicted octanol–water partition coefficient (Wildman–Crippen LogP) is 2.60. The monoisotopic (exact) mass is 199 g/mol. The van der Waals surface area contributed by atoms with Gasteiger partial charge in [-0.05, 0) is 6.07 Å². The molecule has 68 valence electrons. The van der Waals surface area contributed by atoms with Gasteiger partial charge in [0.25, 0.3) is 0 Å². The Kier molecular flexibility index (Phi) is 2.53. The number of phenolic OH excluding ortho intramolecular Hbond substituents is 1. The standard InChI is InChI=1S/C8H6ClNO3/c1-2-5-3-6(9)4-7(8(5)11)10(12)13/h2-4,11H,1H2. The molecule has 0 fully saturated rings. The molecule has 0 bridgehead atoms. The number of benzene rings is 1. The van der Waals surface area contributed by atoms with Crippen LogP contribution < -0.4 is 0 Å². The molecule has 0 amide bonds. The molecular formula is C8H6ClNO3. The van der Waals surface area contributed by atoms with Gasteiger partial charge in [0.15, 0.2) is 0 Å². The van der Waals surface area contributed by atoms with Crippen molar-refractivity contribution in [2.45, 2.75) is 0 Å². The molecule has 0 radical (unpaired) electrons. The molecule has 0 heterocycles. The van der Waals surface area contributed by atoms with Crippen molar-refractivity contribution in [2.75, 3.05) is 0 Å². The van der Waals surface area contributed by atoms with Crippen molar-refractivity contribution < 1.29 is 10.0 Å². The normalized spacial score (nSPS) is 9.62. The molecule has 1 rings (SSSR count). The second-order valence-corrected chi connectivity index (χ2v) is 2.76. The van der Waals surface area contributed by atoms with Crippen molar-refractivity contribution in [3.63, 3.8) is 0 Å². The lowest BCUT2D eigenvalue weighted by molar-refractivity contribution is -0.385. The maximum Gasteiger partial charge on any atom is 0.312 e. The number of nitro benzene ring substituents is 1. The average Bonchev–Trinajstić information content (AvgIpc) is 2.08. The highest BCUT2D eigenvalue weighted by Gasteiger charge is 2.16. The fraction of sp³-hybridized carbons (Fsp3) is 0. The Balaban J connectivity index is 3.44. The molecule has 0 aliphatic heterocycles. The van der Waals surface area contributed by atoms with Crippen LogP contribution in [-0.2, 0) is 0 Å². The smallest absolute Gasteiger partial charge is 0.312 e. The molecule has 0 unspecified atom stereocenters. The molecule has 0 spiro atoms. The Labute approximate surface area is 79.2 Å². The molecule has 13 heavy (non-hydrogen) atoms. The molecular weight excluding hydrogens is 194 g/mol. The zero-order valence-electron chi connectivity index (χ0n) is 6.53. The van der Waals surface area contributed by atoms with Gasteiger partial charge in [0.2, 0.25) is 5.75 Å². The minimum atomic E-state index is -0.700. The van der Waals surface area contributed by atoms with Crippen molar-refractivity contribution in [1.29, 1.82) is 0 Å². The van der Waals surface area contributed by atoms with Gasteiger partial charge < -0.3 is 5.11 Å². The third-order valence-corrected chi connectivity index (χ3v) is 1.72. The van der Waals surface area contributed by atoms with Crippen molar-refractivity contribution in [3.8, 4) is 5.75 Å². The highest BCUT2D eigenvalue weighted by Crippen LogP contribution is 2.33. The van der Waals surface area contributed by atoms with E-state index in [1.807, 2.05) is 0 Å². The van der Waals surface area contributed by atoms with Gasteiger partial charge in [-0.1, -0.05) is 24.3 Å². The SMILES string of the molecule is C=Cc1cc(Cl)cc([N+](=O)[O-])c1O. The summed E-state index contributed by atoms with van der Waals surface area (Å²) >= 11 is 5.58. The zero-order valence-corrected chi connectivity index (χ0v) is 7.28. The Bertz CT molecular complexity index is 376. The van der Waals surface area contributed by atoms with Gasteiger partial charge in [0, 0.05) is 16.7 Å². The topological polar surface area (TPSA) is 63.4 Å². The van der Waals surface area contributed by atoms with E-state index in [9.17, 15) is 15.2 Å². The largest absolute Gasteiger partial charge is 0.502 e. The molecule has 0 saturated heterocycles. The Morgan fingerprint density at radius 2 is 2.23 bits per heavy atom. The van der Waals surface area contributed by atoms with Gasteiger partial charge in [0.05, 0.1) is 4.92 Å². The Hall–Kier alpha value is -1.55. The van der Waals surface area contributed by atoms with Gasteiger partial charge in [-0.2, -0.15) is 0 Å². The van der Waals surface area contributed by atoms with E-state index in [1.165, 1.54) is 12.1 Å². The first-order valence-corrected chi connectivity index (χ1v) is 3.73. The second-order valence-electron chi connectivity index (χ2n) is 2.32. The quantitative estimate of drug-likeness (QED) is 0.588. The van der Waals surface area contributed by atoms with E-state index in [4.69, 9.17) is 11.6 Å². The number of nitro groups is 1. The summed E-state index contributed by atoms with van der Waals surface area (Å²) in [5.74, 6) is -0.413. The predicted molar refractivity (Wildman–Crippen MR) is 49.9 cm³/mol. The van der Waals surface area contributed by atoms with Crippen molar-refractivity contribution in [3.05, 3.63) is 39.4 Å². The van der Waals surface area contributed by atoms with Crippen LogP contribution >= 0.6 is 11.6 Å². The first-order valence-electron chi connectivity index (χ1n) is 3.35. The summed E-state index contributed by atoms with van der Waals surface area (Å²) in [6.07, 6.45) is 1.30. The minimum Gasteiger partial charge on any atom is -0.502 e. The molecule has 4 nitrogen and oxygen atoms in total. The van der Waals surface area contributed by atoms with E-state index in [-0.39, 0.29) is 10.6 Å². The minimum absolute atomic E-state index is 0.194. The molecule has 1 aromatic carbocycles. The van der Waals surface area contributed by atoms with Gasteiger partial charge >= 0.3 is 5.69 Å². The second kappa shape index (κ2) is 3.45. The van der Waals surface area contributed by atoms with E-state index in [2.05, 4.69) is 6.58 Å². The number of phenols is 1. The maximum atomic E-state index is 10.4. The maximum absolute atomic E-state index is 10.4. The highest BCUT2D eigenvalue weighted by molar-refractivity contribution is 6.31. The lowest BCUT2D eigenvalue weighted by Gasteiger charge is -2.00. The summed E-state index contributed by atoms with van der Waals surface area (Å²) in [6.45, 7) is 3.39. The van der Waals surface area contributed by atoms with Crippen LogP contribution in [0, 0.1) is 10.1 Å². The fourth-order valence-corrected chi connectivity index (χ4v) is 1.12. The number of rotatable bonds is 2. The van der Waals surface area contributed by atoms with E-state index in [0.29, 0.717) is 0 Å². The number of hydrogen-bond donors (Lipinski definition) is 1. The molecule has 0 aromatic heterocycles. The molecule has 1 aromatic rings. The lowest BCUT2D eigenvalue weighted by Crippen LogP contribution is -1.90. The number of hydrogen-bond acceptors (Lipinski definition) is 3. The Morgan fingerprint density at radius 1 is 1.62 bits per heavy atom. The molecule has 5 heteroatoms. The van der Waals surface area contributed by atoms with Crippen molar-refractivity contribution >= 4 is 23.4 Å². The molecule has 0 aliphatic rings. The van der Waals surface area contributed by atoms with Gasteiger partial charge in [-0.25, -0.2) is 0 Å². The highest BCUT2D eigenvalue weighted by atomic mass is 35.5. The first-order chi connectivity index (χ1) is 6.06. The van der Waals surface area contributed by atoms with Crippen LogP contribution in [-0.4, -0.2) is 10.0 Å². The third-order valence-electron chi connectivity index (χ3n) is 1.50. The lowest BCUT2D eigenvalue weighted by atomic mass is 10.2. The van der Waals surface area contributed by atoms with Crippen LogP contribution in [0.3, 0.4) is 0 Å². The molecule has 0 aliphatic carbocycles. The summed E-state index contributed by atoms with van der Waals surface area (Å²) in [7, 11) is 0. The van der Waals surface area contributed by atoms with Gasteiger partial charge in [0.1, 0.15) is 0 Å². The third kappa shape index (κ3) is 1.78. The summed E-state index contributed by atoms with van der Waals surface area (Å²) < 4.78 is 0.